The van der Waals surface area contributed by atoms with Gasteiger partial charge in [-0.3, -0.25) is 0 Å². The van der Waals surface area contributed by atoms with Gasteiger partial charge in [-0.1, -0.05) is 57.4 Å². The van der Waals surface area contributed by atoms with Crippen molar-refractivity contribution in [2.24, 2.45) is 34.0 Å². The highest BCUT2D eigenvalue weighted by molar-refractivity contribution is 5.85. The van der Waals surface area contributed by atoms with E-state index in [1.165, 1.54) is 18.6 Å². The highest BCUT2D eigenvalue weighted by Gasteiger charge is 2.61. The zero-order chi connectivity index (χ0) is 25.9. The molecule has 0 spiro atoms. The fraction of sp³-hybridized carbons (Fsp3) is 0.767. The van der Waals surface area contributed by atoms with Gasteiger partial charge in [-0.15, -0.1) is 0 Å². The SMILES string of the molecule is C/C(=C\[C@H](O)[C@@H](O)[C@@H](C)[C@H]1CC[C@@]2(C)[C@@H]3CCC4=C(CC[C@H](O)C4(C)C)CC3=CC[C@]12C)C(=O)O. The number of carboxylic acids is 1. The van der Waals surface area contributed by atoms with Gasteiger partial charge < -0.3 is 20.4 Å². The number of rotatable bonds is 5. The van der Waals surface area contributed by atoms with Gasteiger partial charge in [0.15, 0.2) is 0 Å². The molecule has 0 bridgehead atoms. The summed E-state index contributed by atoms with van der Waals surface area (Å²) < 4.78 is 0. The lowest BCUT2D eigenvalue weighted by molar-refractivity contribution is -0.132. The van der Waals surface area contributed by atoms with Crippen LogP contribution in [-0.2, 0) is 4.79 Å². The minimum absolute atomic E-state index is 0.00666. The van der Waals surface area contributed by atoms with Crippen LogP contribution in [0.25, 0.3) is 0 Å². The van der Waals surface area contributed by atoms with Crippen LogP contribution in [0, 0.1) is 34.0 Å². The van der Waals surface area contributed by atoms with E-state index < -0.39 is 18.2 Å². The Bertz CT molecular complexity index is 958. The molecule has 4 N–H and O–H groups in total. The second-order valence-electron chi connectivity index (χ2n) is 13.1. The van der Waals surface area contributed by atoms with Crippen LogP contribution in [-0.4, -0.2) is 44.7 Å². The smallest absolute Gasteiger partial charge is 0.331 e. The summed E-state index contributed by atoms with van der Waals surface area (Å²) in [5.41, 5.74) is 4.65. The van der Waals surface area contributed by atoms with Crippen molar-refractivity contribution in [2.45, 2.75) is 111 Å². The van der Waals surface area contributed by atoms with E-state index in [1.807, 2.05) is 6.92 Å². The minimum atomic E-state index is -1.19. The number of allylic oxidation sites excluding steroid dienone is 3. The Labute approximate surface area is 211 Å². The molecule has 0 radical (unpaired) electrons. The zero-order valence-electron chi connectivity index (χ0n) is 22.5. The van der Waals surface area contributed by atoms with Crippen molar-refractivity contribution in [2.75, 3.05) is 0 Å². The van der Waals surface area contributed by atoms with Crippen molar-refractivity contribution in [1.29, 1.82) is 0 Å². The summed E-state index contributed by atoms with van der Waals surface area (Å²) in [6.45, 7) is 12.7. The lowest BCUT2D eigenvalue weighted by Gasteiger charge is -2.54. The second kappa shape index (κ2) is 9.15. The van der Waals surface area contributed by atoms with E-state index in [0.717, 1.165) is 51.4 Å². The van der Waals surface area contributed by atoms with E-state index in [4.69, 9.17) is 5.11 Å². The largest absolute Gasteiger partial charge is 0.478 e. The minimum Gasteiger partial charge on any atom is -0.478 e. The summed E-state index contributed by atoms with van der Waals surface area (Å²) >= 11 is 0. The molecule has 0 aromatic rings. The van der Waals surface area contributed by atoms with Gasteiger partial charge >= 0.3 is 5.97 Å². The summed E-state index contributed by atoms with van der Waals surface area (Å²) in [6.07, 6.45) is 9.47. The molecule has 4 aliphatic carbocycles. The van der Waals surface area contributed by atoms with Gasteiger partial charge in [0.2, 0.25) is 0 Å². The van der Waals surface area contributed by atoms with Crippen LogP contribution in [0.5, 0.6) is 0 Å². The topological polar surface area (TPSA) is 98.0 Å². The van der Waals surface area contributed by atoms with Gasteiger partial charge in [0.1, 0.15) is 0 Å². The molecule has 5 heteroatoms. The molecule has 5 nitrogen and oxygen atoms in total. The predicted octanol–water partition coefficient (Wildman–Crippen LogP) is 5.41. The molecule has 0 amide bonds. The Balaban J connectivity index is 1.59. The van der Waals surface area contributed by atoms with E-state index in [0.29, 0.717) is 5.92 Å². The number of hydrogen-bond donors (Lipinski definition) is 4. The van der Waals surface area contributed by atoms with Crippen molar-refractivity contribution < 1.29 is 25.2 Å². The molecular formula is C30H46O5. The van der Waals surface area contributed by atoms with Crippen molar-refractivity contribution in [3.8, 4) is 0 Å². The summed E-state index contributed by atoms with van der Waals surface area (Å²) in [6, 6.07) is 0. The van der Waals surface area contributed by atoms with Crippen LogP contribution < -0.4 is 0 Å². The molecule has 4 aliphatic rings. The fourth-order valence-corrected chi connectivity index (χ4v) is 8.56. The van der Waals surface area contributed by atoms with Crippen molar-refractivity contribution >= 4 is 5.97 Å². The Kier molecular flexibility index (Phi) is 6.96. The summed E-state index contributed by atoms with van der Waals surface area (Å²) in [5.74, 6) is -0.476. The van der Waals surface area contributed by atoms with E-state index in [-0.39, 0.29) is 39.8 Å². The van der Waals surface area contributed by atoms with Crippen LogP contribution in [0.4, 0.5) is 0 Å². The molecule has 1 saturated carbocycles. The predicted molar refractivity (Wildman–Crippen MR) is 138 cm³/mol. The maximum Gasteiger partial charge on any atom is 0.331 e. The molecule has 1 fully saturated rings. The van der Waals surface area contributed by atoms with Gasteiger partial charge in [-0.2, -0.15) is 0 Å². The molecule has 0 aromatic carbocycles. The molecule has 196 valence electrons. The Hall–Kier alpha value is -1.43. The van der Waals surface area contributed by atoms with Crippen molar-refractivity contribution in [3.63, 3.8) is 0 Å². The lowest BCUT2D eigenvalue weighted by atomic mass is 9.50. The standard InChI is InChI=1S/C30H46O5/c1-17(27(34)35)15-24(31)26(33)18(2)21-12-14-30(6)23-9-8-22-19(7-10-25(32)28(22,3)4)16-20(23)11-13-29(21,30)5/h11,15,18,21,23-26,31-33H,7-10,12-14,16H2,1-6H3,(H,34,35)/b17-15+/t18-,21+,23+,24-,25-,26-,29+,30-/m0/s1. The molecule has 0 aromatic heterocycles. The summed E-state index contributed by atoms with van der Waals surface area (Å²) in [4.78, 5) is 11.2. The third kappa shape index (κ3) is 4.16. The number of fused-ring (bicyclic) bond motifs is 3. The third-order valence-electron chi connectivity index (χ3n) is 11.2. The quantitative estimate of drug-likeness (QED) is 0.308. The number of carbonyl (C=O) groups is 1. The van der Waals surface area contributed by atoms with Crippen LogP contribution in [0.2, 0.25) is 0 Å². The normalized spacial score (nSPS) is 39.5. The van der Waals surface area contributed by atoms with Crippen LogP contribution in [0.15, 0.2) is 34.4 Å². The molecule has 8 atom stereocenters. The maximum atomic E-state index is 11.2. The zero-order valence-corrected chi connectivity index (χ0v) is 22.5. The highest BCUT2D eigenvalue weighted by atomic mass is 16.4. The van der Waals surface area contributed by atoms with Gasteiger partial charge in [0, 0.05) is 11.0 Å². The van der Waals surface area contributed by atoms with E-state index in [9.17, 15) is 20.1 Å². The molecule has 0 aliphatic heterocycles. The first-order chi connectivity index (χ1) is 16.2. The number of aliphatic hydroxyl groups is 3. The van der Waals surface area contributed by atoms with Gasteiger partial charge in [0.25, 0.3) is 0 Å². The van der Waals surface area contributed by atoms with Crippen molar-refractivity contribution in [3.05, 3.63) is 34.4 Å². The van der Waals surface area contributed by atoms with E-state index >= 15 is 0 Å². The van der Waals surface area contributed by atoms with Crippen LogP contribution in [0.1, 0.15) is 92.9 Å². The van der Waals surface area contributed by atoms with Gasteiger partial charge in [-0.05, 0) is 93.0 Å². The second-order valence-corrected chi connectivity index (χ2v) is 13.1. The number of hydrogen-bond acceptors (Lipinski definition) is 4. The van der Waals surface area contributed by atoms with Crippen molar-refractivity contribution in [1.82, 2.24) is 0 Å². The molecule has 0 unspecified atom stereocenters. The number of carboxylic acid groups (broad SMARTS) is 1. The van der Waals surface area contributed by atoms with E-state index in [1.54, 1.807) is 11.1 Å². The summed E-state index contributed by atoms with van der Waals surface area (Å²) in [5, 5.41) is 41.5. The van der Waals surface area contributed by atoms with Gasteiger partial charge in [-0.25, -0.2) is 4.79 Å². The van der Waals surface area contributed by atoms with Crippen LogP contribution >= 0.6 is 0 Å². The number of aliphatic hydroxyl groups excluding tert-OH is 3. The lowest BCUT2D eigenvalue weighted by Crippen LogP contribution is -2.48. The first kappa shape index (κ1) is 26.6. The number of aliphatic carboxylic acids is 1. The first-order valence-electron chi connectivity index (χ1n) is 13.6. The Morgan fingerprint density at radius 2 is 1.77 bits per heavy atom. The fourth-order valence-electron chi connectivity index (χ4n) is 8.56. The first-order valence-corrected chi connectivity index (χ1v) is 13.6. The average Bonchev–Trinajstić information content (AvgIpc) is 2.94. The molecule has 0 heterocycles. The third-order valence-corrected chi connectivity index (χ3v) is 11.2. The van der Waals surface area contributed by atoms with E-state index in [2.05, 4.69) is 33.8 Å². The highest BCUT2D eigenvalue weighted by Crippen LogP contribution is 2.69. The molecule has 35 heavy (non-hydrogen) atoms. The molecule has 0 saturated heterocycles. The Morgan fingerprint density at radius 1 is 1.09 bits per heavy atom. The van der Waals surface area contributed by atoms with Gasteiger partial charge in [0.05, 0.1) is 18.3 Å². The molecular weight excluding hydrogens is 440 g/mol. The van der Waals surface area contributed by atoms with Crippen LogP contribution in [0.3, 0.4) is 0 Å². The average molecular weight is 487 g/mol. The Morgan fingerprint density at radius 3 is 2.43 bits per heavy atom. The summed E-state index contributed by atoms with van der Waals surface area (Å²) in [7, 11) is 0. The monoisotopic (exact) mass is 486 g/mol. The maximum absolute atomic E-state index is 11.2. The molecule has 4 rings (SSSR count).